The van der Waals surface area contributed by atoms with Crippen LogP contribution < -0.4 is 5.32 Å². The lowest BCUT2D eigenvalue weighted by Gasteiger charge is -2.19. The molecule has 0 radical (unpaired) electrons. The molecule has 1 aromatic heterocycles. The van der Waals surface area contributed by atoms with E-state index in [1.807, 2.05) is 35.0 Å². The number of nitrogens with zero attached hydrogens (tertiary/aromatic N) is 2. The standard InChI is InChI=1S/C22H23N3O/c1-14-9-10-18(16(3)11-14)23-22-21-19(12-15(2)13-20(21)26)25(24-22)17-7-5-4-6-8-17/h4-11,15H,12-13H2,1-3H3,(H,23,24)/t15-/m1/s1. The number of hydrogen-bond acceptors (Lipinski definition) is 3. The number of anilines is 2. The van der Waals surface area contributed by atoms with Crippen LogP contribution in [0.1, 0.15) is 40.5 Å². The molecule has 0 saturated heterocycles. The molecule has 0 saturated carbocycles. The first-order valence-electron chi connectivity index (χ1n) is 9.07. The summed E-state index contributed by atoms with van der Waals surface area (Å²) in [6, 6.07) is 16.3. The lowest BCUT2D eigenvalue weighted by Crippen LogP contribution is -2.19. The van der Waals surface area contributed by atoms with Crippen molar-refractivity contribution in [2.45, 2.75) is 33.6 Å². The first-order valence-corrected chi connectivity index (χ1v) is 9.07. The number of carbonyl (C=O) groups is 1. The first kappa shape index (κ1) is 16.6. The molecule has 1 aliphatic carbocycles. The Morgan fingerprint density at radius 2 is 1.85 bits per heavy atom. The van der Waals surface area contributed by atoms with Gasteiger partial charge in [0, 0.05) is 12.1 Å². The number of aromatic nitrogens is 2. The van der Waals surface area contributed by atoms with E-state index in [0.717, 1.165) is 34.6 Å². The predicted molar refractivity (Wildman–Crippen MR) is 105 cm³/mol. The van der Waals surface area contributed by atoms with Gasteiger partial charge >= 0.3 is 0 Å². The number of rotatable bonds is 3. The van der Waals surface area contributed by atoms with Crippen molar-refractivity contribution in [2.24, 2.45) is 5.92 Å². The summed E-state index contributed by atoms with van der Waals surface area (Å²) in [6.07, 6.45) is 1.44. The van der Waals surface area contributed by atoms with Gasteiger partial charge in [0.25, 0.3) is 0 Å². The molecular weight excluding hydrogens is 322 g/mol. The van der Waals surface area contributed by atoms with Gasteiger partial charge in [-0.3, -0.25) is 4.79 Å². The summed E-state index contributed by atoms with van der Waals surface area (Å²) in [6.45, 7) is 6.27. The van der Waals surface area contributed by atoms with E-state index >= 15 is 0 Å². The highest BCUT2D eigenvalue weighted by atomic mass is 16.1. The van der Waals surface area contributed by atoms with Crippen LogP contribution in [-0.2, 0) is 6.42 Å². The molecule has 1 heterocycles. The van der Waals surface area contributed by atoms with Gasteiger partial charge in [0.1, 0.15) is 0 Å². The average molecular weight is 345 g/mol. The van der Waals surface area contributed by atoms with Crippen LogP contribution in [0.3, 0.4) is 0 Å². The second-order valence-electron chi connectivity index (χ2n) is 7.30. The van der Waals surface area contributed by atoms with Gasteiger partial charge in [-0.05, 0) is 49.9 Å². The fraction of sp³-hybridized carbons (Fsp3) is 0.273. The topological polar surface area (TPSA) is 46.9 Å². The molecule has 0 fully saturated rings. The minimum absolute atomic E-state index is 0.174. The quantitative estimate of drug-likeness (QED) is 0.727. The molecule has 0 aliphatic heterocycles. The van der Waals surface area contributed by atoms with Gasteiger partial charge in [-0.15, -0.1) is 5.10 Å². The van der Waals surface area contributed by atoms with Crippen LogP contribution in [0.5, 0.6) is 0 Å². The maximum atomic E-state index is 12.8. The summed E-state index contributed by atoms with van der Waals surface area (Å²) in [7, 11) is 0. The third kappa shape index (κ3) is 2.92. The normalized spacial score (nSPS) is 16.4. The third-order valence-electron chi connectivity index (χ3n) is 4.97. The Kier molecular flexibility index (Phi) is 4.11. The van der Waals surface area contributed by atoms with Crippen molar-refractivity contribution >= 4 is 17.3 Å². The zero-order valence-electron chi connectivity index (χ0n) is 15.4. The number of fused-ring (bicyclic) bond motifs is 1. The molecule has 2 aromatic carbocycles. The van der Waals surface area contributed by atoms with Gasteiger partial charge in [-0.25, -0.2) is 4.68 Å². The zero-order valence-corrected chi connectivity index (χ0v) is 15.4. The van der Waals surface area contributed by atoms with E-state index in [-0.39, 0.29) is 5.78 Å². The zero-order chi connectivity index (χ0) is 18.3. The Morgan fingerprint density at radius 1 is 1.08 bits per heavy atom. The Hall–Kier alpha value is -2.88. The monoisotopic (exact) mass is 345 g/mol. The predicted octanol–water partition coefficient (Wildman–Crippen LogP) is 5.00. The van der Waals surface area contributed by atoms with Crippen molar-refractivity contribution in [3.63, 3.8) is 0 Å². The van der Waals surface area contributed by atoms with Crippen molar-refractivity contribution in [3.8, 4) is 5.69 Å². The van der Waals surface area contributed by atoms with E-state index in [9.17, 15) is 4.79 Å². The maximum Gasteiger partial charge on any atom is 0.168 e. The molecule has 3 aromatic rings. The molecule has 26 heavy (non-hydrogen) atoms. The summed E-state index contributed by atoms with van der Waals surface area (Å²) >= 11 is 0. The number of hydrogen-bond donors (Lipinski definition) is 1. The van der Waals surface area contributed by atoms with E-state index in [0.29, 0.717) is 18.2 Å². The van der Waals surface area contributed by atoms with Crippen molar-refractivity contribution < 1.29 is 4.79 Å². The number of ketones is 1. The Morgan fingerprint density at radius 3 is 2.58 bits per heavy atom. The smallest absolute Gasteiger partial charge is 0.168 e. The van der Waals surface area contributed by atoms with E-state index in [2.05, 4.69) is 44.3 Å². The number of nitrogens with one attached hydrogen (secondary N) is 1. The molecule has 132 valence electrons. The van der Waals surface area contributed by atoms with Crippen molar-refractivity contribution in [1.29, 1.82) is 0 Å². The van der Waals surface area contributed by atoms with Gasteiger partial charge in [0.2, 0.25) is 0 Å². The Balaban J connectivity index is 1.84. The molecule has 0 bridgehead atoms. The van der Waals surface area contributed by atoms with Crippen LogP contribution in [0, 0.1) is 19.8 Å². The fourth-order valence-electron chi connectivity index (χ4n) is 3.71. The van der Waals surface area contributed by atoms with Gasteiger partial charge in [-0.2, -0.15) is 0 Å². The lowest BCUT2D eigenvalue weighted by molar-refractivity contribution is 0.0953. The van der Waals surface area contributed by atoms with E-state index in [4.69, 9.17) is 5.10 Å². The van der Waals surface area contributed by atoms with Crippen LogP contribution in [0.25, 0.3) is 5.69 Å². The molecule has 0 spiro atoms. The molecule has 1 atom stereocenters. The molecule has 4 rings (SSSR count). The van der Waals surface area contributed by atoms with Gasteiger partial charge in [0.15, 0.2) is 11.6 Å². The summed E-state index contributed by atoms with van der Waals surface area (Å²) in [5, 5.41) is 8.20. The summed E-state index contributed by atoms with van der Waals surface area (Å²) in [4.78, 5) is 12.8. The third-order valence-corrected chi connectivity index (χ3v) is 4.97. The van der Waals surface area contributed by atoms with Gasteiger partial charge in [0.05, 0.1) is 16.9 Å². The Labute approximate surface area is 153 Å². The SMILES string of the molecule is Cc1ccc(Nc2nn(-c3ccccc3)c3c2C(=O)C[C@H](C)C3)c(C)c1. The fourth-order valence-corrected chi connectivity index (χ4v) is 3.71. The van der Waals surface area contributed by atoms with Crippen molar-refractivity contribution in [2.75, 3.05) is 5.32 Å². The van der Waals surface area contributed by atoms with Crippen molar-refractivity contribution in [1.82, 2.24) is 9.78 Å². The highest BCUT2D eigenvalue weighted by molar-refractivity contribution is 6.03. The maximum absolute atomic E-state index is 12.8. The first-order chi connectivity index (χ1) is 12.5. The second kappa shape index (κ2) is 6.45. The number of Topliss-reactive ketones (excluding diaryl/α,β-unsaturated/α-hetero) is 1. The molecule has 4 nitrogen and oxygen atoms in total. The molecule has 4 heteroatoms. The van der Waals surface area contributed by atoms with Crippen LogP contribution in [-0.4, -0.2) is 15.6 Å². The highest BCUT2D eigenvalue weighted by Crippen LogP contribution is 2.34. The summed E-state index contributed by atoms with van der Waals surface area (Å²) in [5.41, 5.74) is 6.08. The van der Waals surface area contributed by atoms with E-state index in [1.54, 1.807) is 0 Å². The van der Waals surface area contributed by atoms with Crippen LogP contribution >= 0.6 is 0 Å². The van der Waals surface area contributed by atoms with Gasteiger partial charge < -0.3 is 5.32 Å². The molecule has 0 amide bonds. The van der Waals surface area contributed by atoms with E-state index < -0.39 is 0 Å². The van der Waals surface area contributed by atoms with Crippen LogP contribution in [0.15, 0.2) is 48.5 Å². The molecule has 1 aliphatic rings. The summed E-state index contributed by atoms with van der Waals surface area (Å²) < 4.78 is 1.93. The highest BCUT2D eigenvalue weighted by Gasteiger charge is 2.31. The molecular formula is C22H23N3O. The largest absolute Gasteiger partial charge is 0.338 e. The number of carbonyl (C=O) groups excluding carboxylic acids is 1. The second-order valence-corrected chi connectivity index (χ2v) is 7.30. The number of para-hydroxylation sites is 1. The van der Waals surface area contributed by atoms with Crippen molar-refractivity contribution in [3.05, 3.63) is 70.9 Å². The van der Waals surface area contributed by atoms with Crippen LogP contribution in [0.4, 0.5) is 11.5 Å². The minimum Gasteiger partial charge on any atom is -0.338 e. The van der Waals surface area contributed by atoms with Crippen LogP contribution in [0.2, 0.25) is 0 Å². The number of benzene rings is 2. The minimum atomic E-state index is 0.174. The average Bonchev–Trinajstić information content (AvgIpc) is 2.96. The van der Waals surface area contributed by atoms with E-state index in [1.165, 1.54) is 5.56 Å². The summed E-state index contributed by atoms with van der Waals surface area (Å²) in [5.74, 6) is 1.17. The molecule has 1 N–H and O–H groups in total. The number of aryl methyl sites for hydroxylation is 2. The van der Waals surface area contributed by atoms with Gasteiger partial charge in [-0.1, -0.05) is 42.8 Å². The molecule has 0 unspecified atom stereocenters. The lowest BCUT2D eigenvalue weighted by atomic mass is 9.87. The Bertz CT molecular complexity index is 973.